The zero-order valence-electron chi connectivity index (χ0n) is 6.80. The Bertz CT molecular complexity index is 174. The Morgan fingerprint density at radius 3 is 2.18 bits per heavy atom. The summed E-state index contributed by atoms with van der Waals surface area (Å²) in [5, 5.41) is 0.543. The SMILES string of the molecule is Cl[C@@H]1C[C@@H]2C[C@H]3C[C@@H]2C[C@@H]1C3. The molecule has 0 aromatic heterocycles. The summed E-state index contributed by atoms with van der Waals surface area (Å²) in [5.41, 5.74) is 0. The van der Waals surface area contributed by atoms with Crippen molar-refractivity contribution in [3.05, 3.63) is 0 Å². The van der Waals surface area contributed by atoms with Crippen LogP contribution >= 0.6 is 11.6 Å². The van der Waals surface area contributed by atoms with E-state index in [-0.39, 0.29) is 0 Å². The van der Waals surface area contributed by atoms with Gasteiger partial charge in [-0.3, -0.25) is 0 Å². The van der Waals surface area contributed by atoms with E-state index in [0.29, 0.717) is 5.38 Å². The van der Waals surface area contributed by atoms with Crippen LogP contribution in [0.3, 0.4) is 0 Å². The van der Waals surface area contributed by atoms with Crippen LogP contribution in [0.15, 0.2) is 0 Å². The standard InChI is InChI=1S/C10H15Cl/c11-10-5-8-2-6-1-7(8)4-9(10)3-6/h6-10H,1-5H2/t6-,7-,8+,9+,10-/m1/s1. The second kappa shape index (κ2) is 2.16. The summed E-state index contributed by atoms with van der Waals surface area (Å²) in [5.74, 6) is 4.10. The molecule has 3 rings (SSSR count). The van der Waals surface area contributed by atoms with E-state index in [1.807, 2.05) is 0 Å². The minimum atomic E-state index is 0.543. The molecule has 3 aliphatic rings. The fourth-order valence-electron chi connectivity index (χ4n) is 3.80. The summed E-state index contributed by atoms with van der Waals surface area (Å²) in [6.07, 6.45) is 7.33. The van der Waals surface area contributed by atoms with Gasteiger partial charge in [0.25, 0.3) is 0 Å². The molecule has 0 spiro atoms. The predicted molar refractivity (Wildman–Crippen MR) is 46.7 cm³/mol. The Morgan fingerprint density at radius 2 is 1.36 bits per heavy atom. The van der Waals surface area contributed by atoms with Crippen molar-refractivity contribution >= 4 is 11.6 Å². The average molecular weight is 171 g/mol. The molecular weight excluding hydrogens is 156 g/mol. The average Bonchev–Trinajstić information content (AvgIpc) is 2.19. The molecule has 5 atom stereocenters. The van der Waals surface area contributed by atoms with Gasteiger partial charge in [0.15, 0.2) is 0 Å². The molecular formula is C10H15Cl. The minimum Gasteiger partial charge on any atom is -0.123 e. The Balaban J connectivity index is 1.93. The van der Waals surface area contributed by atoms with Crippen molar-refractivity contribution in [1.29, 1.82) is 0 Å². The highest BCUT2D eigenvalue weighted by Crippen LogP contribution is 2.56. The highest BCUT2D eigenvalue weighted by atomic mass is 35.5. The van der Waals surface area contributed by atoms with Crippen LogP contribution in [0.2, 0.25) is 0 Å². The molecule has 3 fully saturated rings. The number of hydrogen-bond acceptors (Lipinski definition) is 0. The lowest BCUT2D eigenvalue weighted by Gasteiger charge is -2.37. The number of fused-ring (bicyclic) bond motifs is 2. The molecule has 11 heavy (non-hydrogen) atoms. The van der Waals surface area contributed by atoms with Crippen molar-refractivity contribution in [3.8, 4) is 0 Å². The van der Waals surface area contributed by atoms with E-state index in [1.54, 1.807) is 6.42 Å². The van der Waals surface area contributed by atoms with E-state index in [1.165, 1.54) is 25.7 Å². The first-order valence-corrected chi connectivity index (χ1v) is 5.40. The molecule has 0 N–H and O–H groups in total. The van der Waals surface area contributed by atoms with Crippen LogP contribution < -0.4 is 0 Å². The lowest BCUT2D eigenvalue weighted by atomic mass is 9.72. The third kappa shape index (κ3) is 0.884. The van der Waals surface area contributed by atoms with Crippen molar-refractivity contribution in [2.45, 2.75) is 37.5 Å². The van der Waals surface area contributed by atoms with Crippen LogP contribution in [-0.4, -0.2) is 5.38 Å². The molecule has 3 bridgehead atoms. The van der Waals surface area contributed by atoms with Crippen molar-refractivity contribution in [2.75, 3.05) is 0 Å². The van der Waals surface area contributed by atoms with E-state index in [2.05, 4.69) is 0 Å². The molecule has 0 radical (unpaired) electrons. The molecule has 0 aliphatic heterocycles. The molecule has 1 heteroatoms. The van der Waals surface area contributed by atoms with Gasteiger partial charge < -0.3 is 0 Å². The fourth-order valence-corrected chi connectivity index (χ4v) is 4.23. The third-order valence-corrected chi connectivity index (χ3v) is 4.75. The third-order valence-electron chi connectivity index (χ3n) is 4.22. The summed E-state index contributed by atoms with van der Waals surface area (Å²) >= 11 is 6.30. The Labute approximate surface area is 73.3 Å². The van der Waals surface area contributed by atoms with Crippen molar-refractivity contribution in [2.24, 2.45) is 23.7 Å². The molecule has 0 aromatic carbocycles. The Kier molecular flexibility index (Phi) is 1.33. The van der Waals surface area contributed by atoms with Crippen LogP contribution in [-0.2, 0) is 0 Å². The normalized spacial score (nSPS) is 60.3. The second-order valence-electron chi connectivity index (χ2n) is 4.84. The van der Waals surface area contributed by atoms with Crippen molar-refractivity contribution in [3.63, 3.8) is 0 Å². The van der Waals surface area contributed by atoms with Gasteiger partial charge in [-0.1, -0.05) is 0 Å². The van der Waals surface area contributed by atoms with Gasteiger partial charge >= 0.3 is 0 Å². The van der Waals surface area contributed by atoms with Crippen LogP contribution in [0, 0.1) is 23.7 Å². The monoisotopic (exact) mass is 170 g/mol. The summed E-state index contributed by atoms with van der Waals surface area (Å²) in [4.78, 5) is 0. The smallest absolute Gasteiger partial charge is 0.0367 e. The molecule has 0 saturated heterocycles. The number of alkyl halides is 1. The predicted octanol–water partition coefficient (Wildman–Crippen LogP) is 3.05. The van der Waals surface area contributed by atoms with Gasteiger partial charge in [0.2, 0.25) is 0 Å². The number of halogens is 1. The van der Waals surface area contributed by atoms with Gasteiger partial charge in [0, 0.05) is 5.38 Å². The number of rotatable bonds is 0. The summed E-state index contributed by atoms with van der Waals surface area (Å²) < 4.78 is 0. The van der Waals surface area contributed by atoms with E-state index >= 15 is 0 Å². The molecule has 0 nitrogen and oxygen atoms in total. The first-order valence-electron chi connectivity index (χ1n) is 4.97. The zero-order valence-corrected chi connectivity index (χ0v) is 7.56. The largest absolute Gasteiger partial charge is 0.123 e. The topological polar surface area (TPSA) is 0 Å². The van der Waals surface area contributed by atoms with Gasteiger partial charge in [0.1, 0.15) is 0 Å². The Hall–Kier alpha value is 0.290. The molecule has 62 valence electrons. The van der Waals surface area contributed by atoms with E-state index in [4.69, 9.17) is 11.6 Å². The van der Waals surface area contributed by atoms with Crippen molar-refractivity contribution in [1.82, 2.24) is 0 Å². The van der Waals surface area contributed by atoms with Crippen LogP contribution in [0.5, 0.6) is 0 Å². The fraction of sp³-hybridized carbons (Fsp3) is 1.00. The van der Waals surface area contributed by atoms with Gasteiger partial charge in [-0.2, -0.15) is 0 Å². The van der Waals surface area contributed by atoms with Gasteiger partial charge in [-0.25, -0.2) is 0 Å². The lowest BCUT2D eigenvalue weighted by molar-refractivity contribution is 0.182. The van der Waals surface area contributed by atoms with Gasteiger partial charge in [0.05, 0.1) is 0 Å². The second-order valence-corrected chi connectivity index (χ2v) is 5.40. The first-order chi connectivity index (χ1) is 5.33. The zero-order chi connectivity index (χ0) is 7.42. The quantitative estimate of drug-likeness (QED) is 0.491. The first kappa shape index (κ1) is 6.77. The summed E-state index contributed by atoms with van der Waals surface area (Å²) in [6, 6.07) is 0. The summed E-state index contributed by atoms with van der Waals surface area (Å²) in [7, 11) is 0. The van der Waals surface area contributed by atoms with Crippen LogP contribution in [0.25, 0.3) is 0 Å². The Morgan fingerprint density at radius 1 is 0.727 bits per heavy atom. The van der Waals surface area contributed by atoms with E-state index < -0.39 is 0 Å². The summed E-state index contributed by atoms with van der Waals surface area (Å²) in [6.45, 7) is 0. The molecule has 0 heterocycles. The lowest BCUT2D eigenvalue weighted by Crippen LogP contribution is -2.31. The van der Waals surface area contributed by atoms with E-state index in [0.717, 1.165) is 23.7 Å². The molecule has 0 unspecified atom stereocenters. The maximum atomic E-state index is 6.30. The maximum absolute atomic E-state index is 6.30. The minimum absolute atomic E-state index is 0.543. The number of hydrogen-bond donors (Lipinski definition) is 0. The molecule has 0 aromatic rings. The highest BCUT2D eigenvalue weighted by molar-refractivity contribution is 6.20. The maximum Gasteiger partial charge on any atom is 0.0367 e. The van der Waals surface area contributed by atoms with Crippen LogP contribution in [0.4, 0.5) is 0 Å². The van der Waals surface area contributed by atoms with E-state index in [9.17, 15) is 0 Å². The van der Waals surface area contributed by atoms with Crippen LogP contribution in [0.1, 0.15) is 32.1 Å². The molecule has 3 aliphatic carbocycles. The molecule has 3 saturated carbocycles. The van der Waals surface area contributed by atoms with Gasteiger partial charge in [-0.05, 0) is 55.8 Å². The van der Waals surface area contributed by atoms with Crippen molar-refractivity contribution < 1.29 is 0 Å². The molecule has 0 amide bonds. The van der Waals surface area contributed by atoms with Gasteiger partial charge in [-0.15, -0.1) is 11.6 Å². The highest BCUT2D eigenvalue weighted by Gasteiger charge is 2.47.